The maximum Gasteiger partial charge on any atom is 0.0471 e. The monoisotopic (exact) mass is 549 g/mol. The van der Waals surface area contributed by atoms with Gasteiger partial charge in [-0.3, -0.25) is 0 Å². The fourth-order valence-electron chi connectivity index (χ4n) is 3.84. The van der Waals surface area contributed by atoms with Crippen LogP contribution in [0.15, 0.2) is 48.6 Å². The number of fused-ring (bicyclic) bond motifs is 2. The summed E-state index contributed by atoms with van der Waals surface area (Å²) in [6.45, 7) is 3.57. The first-order chi connectivity index (χ1) is 13.9. The summed E-state index contributed by atoms with van der Waals surface area (Å²) < 4.78 is 10.8. The molecule has 4 aliphatic carbocycles. The van der Waals surface area contributed by atoms with E-state index in [1.165, 1.54) is 48.3 Å². The first kappa shape index (κ1) is 26.8. The average molecular weight is 550 g/mol. The Labute approximate surface area is 223 Å². The minimum Gasteiger partial charge on any atom is -0.381 e. The van der Waals surface area contributed by atoms with E-state index in [0.29, 0.717) is 0 Å². The van der Waals surface area contributed by atoms with Crippen LogP contribution < -0.4 is 0 Å². The minimum atomic E-state index is 0. The Morgan fingerprint density at radius 3 is 1.57 bits per heavy atom. The van der Waals surface area contributed by atoms with Crippen molar-refractivity contribution < 1.29 is 50.8 Å². The molecule has 2 nitrogen and oxygen atoms in total. The Morgan fingerprint density at radius 2 is 1.13 bits per heavy atom. The second-order valence-electron chi connectivity index (χ2n) is 7.32. The first-order valence-electron chi connectivity index (χ1n) is 10.3. The molecule has 1 saturated heterocycles. The van der Waals surface area contributed by atoms with E-state index in [-0.39, 0.29) is 53.7 Å². The fraction of sp³-hybridized carbons (Fsp3) is 0.308. The topological polar surface area (TPSA) is 18.5 Å². The van der Waals surface area contributed by atoms with E-state index < -0.39 is 0 Å². The van der Waals surface area contributed by atoms with Crippen LogP contribution in [0.3, 0.4) is 0 Å². The zero-order valence-electron chi connectivity index (χ0n) is 17.4. The van der Waals surface area contributed by atoms with E-state index >= 15 is 0 Å². The van der Waals surface area contributed by atoms with Gasteiger partial charge in [-0.1, -0.05) is 48.6 Å². The normalized spacial score (nSPS) is 24.3. The summed E-state index contributed by atoms with van der Waals surface area (Å²) in [5, 5.41) is 0. The molecule has 4 heteroatoms. The SMILES string of the molecule is C1CCOC1.Cl.[CH]1[CH][C](CCOCC[C]2[CH][CH][C]3C=CC=C[C]32)[C]2C=CC=C[C]12.[Pr]. The van der Waals surface area contributed by atoms with Crippen molar-refractivity contribution in [2.24, 2.45) is 0 Å². The number of halogens is 1. The number of rotatable bonds is 6. The van der Waals surface area contributed by atoms with Crippen molar-refractivity contribution in [2.75, 3.05) is 26.4 Å². The van der Waals surface area contributed by atoms with Crippen LogP contribution in [0.2, 0.25) is 0 Å². The third kappa shape index (κ3) is 7.55. The summed E-state index contributed by atoms with van der Waals surface area (Å²) in [5.41, 5.74) is 0. The third-order valence-electron chi connectivity index (χ3n) is 5.40. The average Bonchev–Trinajstić information content (AvgIpc) is 3.50. The van der Waals surface area contributed by atoms with Gasteiger partial charge >= 0.3 is 0 Å². The number of ether oxygens (including phenoxy) is 2. The van der Waals surface area contributed by atoms with Gasteiger partial charge in [-0.2, -0.15) is 0 Å². The fourth-order valence-corrected chi connectivity index (χ4v) is 3.84. The van der Waals surface area contributed by atoms with Crippen molar-refractivity contribution in [3.05, 3.63) is 110 Å². The molecule has 5 rings (SSSR count). The Hall–Kier alpha value is 0.534. The third-order valence-corrected chi connectivity index (χ3v) is 5.40. The molecule has 3 fully saturated rings. The van der Waals surface area contributed by atoms with Crippen molar-refractivity contribution in [1.29, 1.82) is 0 Å². The number of allylic oxidation sites excluding steroid dienone is 8. The van der Waals surface area contributed by atoms with Crippen molar-refractivity contribution in [2.45, 2.75) is 25.7 Å². The van der Waals surface area contributed by atoms with Crippen LogP contribution in [0.25, 0.3) is 0 Å². The van der Waals surface area contributed by atoms with E-state index in [0.717, 1.165) is 39.3 Å². The molecule has 0 atom stereocenters. The van der Waals surface area contributed by atoms with Crippen LogP contribution in [0.4, 0.5) is 0 Å². The first-order valence-corrected chi connectivity index (χ1v) is 10.3. The molecule has 155 valence electrons. The molecule has 0 aromatic carbocycles. The van der Waals surface area contributed by atoms with Crippen molar-refractivity contribution in [1.82, 2.24) is 0 Å². The molecule has 0 aromatic rings. The van der Waals surface area contributed by atoms with Gasteiger partial charge in [0.2, 0.25) is 0 Å². The van der Waals surface area contributed by atoms with E-state index in [1.807, 2.05) is 0 Å². The Morgan fingerprint density at radius 1 is 0.667 bits per heavy atom. The van der Waals surface area contributed by atoms with Crippen LogP contribution in [0.5, 0.6) is 0 Å². The van der Waals surface area contributed by atoms with Gasteiger partial charge in [0.05, 0.1) is 0 Å². The van der Waals surface area contributed by atoms with Gasteiger partial charge in [0.1, 0.15) is 0 Å². The predicted octanol–water partition coefficient (Wildman–Crippen LogP) is 5.55. The van der Waals surface area contributed by atoms with Crippen molar-refractivity contribution >= 4 is 12.4 Å². The molecule has 0 unspecified atom stereocenters. The summed E-state index contributed by atoms with van der Waals surface area (Å²) >= 11 is 0. The van der Waals surface area contributed by atoms with Crippen molar-refractivity contribution in [3.63, 3.8) is 0 Å². The molecular weight excluding hydrogens is 521 g/mol. The molecule has 0 aromatic heterocycles. The molecule has 0 bridgehead atoms. The molecule has 2 saturated carbocycles. The van der Waals surface area contributed by atoms with E-state index in [2.05, 4.69) is 74.3 Å². The summed E-state index contributed by atoms with van der Waals surface area (Å²) in [4.78, 5) is 0. The summed E-state index contributed by atoms with van der Waals surface area (Å²) in [6, 6.07) is 0. The second kappa shape index (κ2) is 14.6. The molecule has 5 aliphatic rings. The maximum absolute atomic E-state index is 5.88. The quantitative estimate of drug-likeness (QED) is 0.405. The number of hydrogen-bond donors (Lipinski definition) is 0. The largest absolute Gasteiger partial charge is 0.381 e. The van der Waals surface area contributed by atoms with Crippen LogP contribution in [0.1, 0.15) is 25.7 Å². The van der Waals surface area contributed by atoms with E-state index in [9.17, 15) is 0 Å². The van der Waals surface area contributed by atoms with Crippen molar-refractivity contribution in [3.8, 4) is 0 Å². The Kier molecular flexibility index (Phi) is 13.1. The van der Waals surface area contributed by atoms with Crippen LogP contribution in [-0.2, 0) is 9.47 Å². The molecule has 11 radical (unpaired) electrons. The van der Waals surface area contributed by atoms with Gasteiger partial charge in [-0.15, -0.1) is 12.4 Å². The van der Waals surface area contributed by atoms with Gasteiger partial charge in [0.15, 0.2) is 0 Å². The molecule has 0 spiro atoms. The van der Waals surface area contributed by atoms with Gasteiger partial charge in [0, 0.05) is 91.4 Å². The molecule has 1 aliphatic heterocycles. The Bertz CT molecular complexity index is 542. The summed E-state index contributed by atoms with van der Waals surface area (Å²) in [7, 11) is 0. The van der Waals surface area contributed by atoms with E-state index in [1.54, 1.807) is 0 Å². The Balaban J connectivity index is 0.000000404. The number of hydrogen-bond acceptors (Lipinski definition) is 2. The standard InChI is InChI=1S/C22H20O.C4H8O.ClH.Pr/c1-3-7-21-17(5-1)9-11-19(21)13-15-23-16-14-20-12-10-18-6-2-4-8-22(18)20;1-2-4-5-3-1;;/h1-12H,13-16H2;1-4H2;1H;. The van der Waals surface area contributed by atoms with Gasteiger partial charge < -0.3 is 9.47 Å². The molecule has 30 heavy (non-hydrogen) atoms. The zero-order chi connectivity index (χ0) is 19.0. The summed E-state index contributed by atoms with van der Waals surface area (Å²) in [6.07, 6.45) is 30.5. The molecule has 1 heterocycles. The van der Waals surface area contributed by atoms with Crippen LogP contribution in [-0.4, -0.2) is 26.4 Å². The summed E-state index contributed by atoms with van der Waals surface area (Å²) in [5.74, 6) is 8.14. The van der Waals surface area contributed by atoms with Gasteiger partial charge in [-0.05, 0) is 63.2 Å². The maximum atomic E-state index is 5.88. The molecule has 0 N–H and O–H groups in total. The minimum absolute atomic E-state index is 0. The smallest absolute Gasteiger partial charge is 0.0471 e. The second-order valence-corrected chi connectivity index (χ2v) is 7.32. The van der Waals surface area contributed by atoms with Gasteiger partial charge in [0.25, 0.3) is 0 Å². The van der Waals surface area contributed by atoms with Crippen LogP contribution in [0, 0.1) is 102 Å². The molecule has 0 amide bonds. The van der Waals surface area contributed by atoms with E-state index in [4.69, 9.17) is 9.47 Å². The van der Waals surface area contributed by atoms with Gasteiger partial charge in [-0.25, -0.2) is 0 Å². The van der Waals surface area contributed by atoms with Crippen LogP contribution >= 0.6 is 12.4 Å². The predicted molar refractivity (Wildman–Crippen MR) is 121 cm³/mol. The molecular formula is C26H29ClO2Pr. The zero-order valence-corrected chi connectivity index (χ0v) is 21.9.